The second-order valence-corrected chi connectivity index (χ2v) is 12.8. The highest BCUT2D eigenvalue weighted by Gasteiger charge is 2.53. The Morgan fingerprint density at radius 1 is 0.944 bits per heavy atom. The maximum absolute atomic E-state index is 13.1. The summed E-state index contributed by atoms with van der Waals surface area (Å²) in [6.07, 6.45) is 8.23. The molecule has 1 aromatic heterocycles. The first kappa shape index (κ1) is 23.8. The summed E-state index contributed by atoms with van der Waals surface area (Å²) < 4.78 is 0. The molecule has 3 aromatic rings. The number of nitrogens with one attached hydrogen (secondary N) is 2. The van der Waals surface area contributed by atoms with Gasteiger partial charge < -0.3 is 10.3 Å². The second-order valence-electron chi connectivity index (χ2n) is 11.9. The van der Waals surface area contributed by atoms with Gasteiger partial charge in [0.25, 0.3) is 0 Å². The summed E-state index contributed by atoms with van der Waals surface area (Å²) in [5.41, 5.74) is 6.92. The standard InChI is InChI=1S/C31H37N3OS/c1-19-4-8-25(9-5-19)28-29(26-10-6-20(2)7-11-26)34-30(33-28)36-18-27(35)32-21(3)31-15-22-12-23(16-31)14-24(13-22)17-31/h4-11,21-24H,12-18H2,1-3H3,(H,32,35)(H,33,34)/t21-,22?,23?,24?,31?/m0/s1. The number of benzene rings is 2. The number of thioether (sulfide) groups is 1. The fraction of sp³-hybridized carbons (Fsp3) is 0.484. The van der Waals surface area contributed by atoms with E-state index in [1.165, 1.54) is 61.4 Å². The van der Waals surface area contributed by atoms with E-state index in [1.807, 2.05) is 0 Å². The van der Waals surface area contributed by atoms with Crippen LogP contribution in [-0.2, 0) is 4.79 Å². The van der Waals surface area contributed by atoms with Crippen LogP contribution in [0.1, 0.15) is 56.6 Å². The van der Waals surface area contributed by atoms with Gasteiger partial charge in [0.1, 0.15) is 0 Å². The van der Waals surface area contributed by atoms with Crippen molar-refractivity contribution in [2.45, 2.75) is 70.5 Å². The topological polar surface area (TPSA) is 57.8 Å². The van der Waals surface area contributed by atoms with E-state index in [4.69, 9.17) is 4.98 Å². The quantitative estimate of drug-likeness (QED) is 0.339. The summed E-state index contributed by atoms with van der Waals surface area (Å²) in [5, 5.41) is 4.19. The van der Waals surface area contributed by atoms with Gasteiger partial charge >= 0.3 is 0 Å². The smallest absolute Gasteiger partial charge is 0.230 e. The number of aromatic amines is 1. The molecule has 2 N–H and O–H groups in total. The summed E-state index contributed by atoms with van der Waals surface area (Å²) in [6.45, 7) is 6.45. The van der Waals surface area contributed by atoms with Gasteiger partial charge in [-0.15, -0.1) is 0 Å². The predicted molar refractivity (Wildman–Crippen MR) is 148 cm³/mol. The van der Waals surface area contributed by atoms with Crippen molar-refractivity contribution in [3.63, 3.8) is 0 Å². The minimum Gasteiger partial charge on any atom is -0.352 e. The van der Waals surface area contributed by atoms with Crippen molar-refractivity contribution in [1.82, 2.24) is 15.3 Å². The third kappa shape index (κ3) is 4.63. The Balaban J connectivity index is 1.16. The lowest BCUT2D eigenvalue weighted by Crippen LogP contribution is -2.56. The van der Waals surface area contributed by atoms with Crippen LogP contribution >= 0.6 is 11.8 Å². The van der Waals surface area contributed by atoms with E-state index in [0.717, 1.165) is 45.4 Å². The SMILES string of the molecule is Cc1ccc(-c2nc(SCC(=O)N[C@@H](C)C34CC5CC(CC(C5)C3)C4)[nH]c2-c2ccc(C)cc2)cc1. The van der Waals surface area contributed by atoms with Crippen LogP contribution < -0.4 is 5.32 Å². The average Bonchev–Trinajstić information content (AvgIpc) is 3.27. The van der Waals surface area contributed by atoms with Gasteiger partial charge in [0.2, 0.25) is 5.91 Å². The van der Waals surface area contributed by atoms with Crippen LogP contribution in [0.15, 0.2) is 53.7 Å². The Labute approximate surface area is 219 Å². The number of hydrogen-bond donors (Lipinski definition) is 2. The van der Waals surface area contributed by atoms with Crippen molar-refractivity contribution in [3.05, 3.63) is 59.7 Å². The zero-order valence-corrected chi connectivity index (χ0v) is 22.5. The number of nitrogens with zero attached hydrogens (tertiary/aromatic N) is 1. The molecule has 1 amide bonds. The van der Waals surface area contributed by atoms with E-state index in [9.17, 15) is 4.79 Å². The van der Waals surface area contributed by atoms with Crippen molar-refractivity contribution in [3.8, 4) is 22.5 Å². The van der Waals surface area contributed by atoms with Crippen molar-refractivity contribution < 1.29 is 4.79 Å². The normalized spacial score (nSPS) is 27.2. The predicted octanol–water partition coefficient (Wildman–Crippen LogP) is 7.17. The van der Waals surface area contributed by atoms with Gasteiger partial charge in [-0.1, -0.05) is 71.4 Å². The summed E-state index contributed by atoms with van der Waals surface area (Å²) in [5.74, 6) is 3.19. The molecule has 188 valence electrons. The molecular formula is C31H37N3OS. The van der Waals surface area contributed by atoms with Gasteiger partial charge in [-0.25, -0.2) is 4.98 Å². The molecule has 4 saturated carbocycles. The van der Waals surface area contributed by atoms with Crippen molar-refractivity contribution in [2.75, 3.05) is 5.75 Å². The molecule has 4 aliphatic rings. The zero-order valence-electron chi connectivity index (χ0n) is 21.6. The molecule has 4 fully saturated rings. The fourth-order valence-electron chi connectivity index (χ4n) is 7.55. The molecule has 5 heteroatoms. The minimum absolute atomic E-state index is 0.119. The summed E-state index contributed by atoms with van der Waals surface area (Å²) in [7, 11) is 0. The number of aromatic nitrogens is 2. The Morgan fingerprint density at radius 3 is 2.03 bits per heavy atom. The molecule has 0 aliphatic heterocycles. The molecule has 0 unspecified atom stereocenters. The number of hydrogen-bond acceptors (Lipinski definition) is 3. The third-order valence-corrected chi connectivity index (χ3v) is 9.94. The van der Waals surface area contributed by atoms with E-state index in [2.05, 4.69) is 79.6 Å². The van der Waals surface area contributed by atoms with Gasteiger partial charge in [0, 0.05) is 17.2 Å². The highest BCUT2D eigenvalue weighted by molar-refractivity contribution is 7.99. The van der Waals surface area contributed by atoms with E-state index < -0.39 is 0 Å². The number of H-pyrrole nitrogens is 1. The largest absolute Gasteiger partial charge is 0.352 e. The Kier molecular flexibility index (Phi) is 6.23. The van der Waals surface area contributed by atoms with Crippen LogP contribution in [0.4, 0.5) is 0 Å². The Hall–Kier alpha value is -2.53. The molecular weight excluding hydrogens is 462 g/mol. The minimum atomic E-state index is 0.119. The molecule has 1 atom stereocenters. The monoisotopic (exact) mass is 499 g/mol. The molecule has 0 spiro atoms. The number of imidazole rings is 1. The van der Waals surface area contributed by atoms with Crippen molar-refractivity contribution in [2.24, 2.45) is 23.2 Å². The highest BCUT2D eigenvalue weighted by atomic mass is 32.2. The molecule has 1 heterocycles. The molecule has 0 radical (unpaired) electrons. The number of carbonyl (C=O) groups is 1. The van der Waals surface area contributed by atoms with Crippen LogP contribution in [0, 0.1) is 37.0 Å². The number of aryl methyl sites for hydroxylation is 2. The molecule has 4 aliphatic carbocycles. The first-order valence-corrected chi connectivity index (χ1v) is 14.5. The van der Waals surface area contributed by atoms with Crippen LogP contribution in [0.3, 0.4) is 0 Å². The Bertz CT molecular complexity index is 1150. The summed E-state index contributed by atoms with van der Waals surface area (Å²) in [4.78, 5) is 21.5. The second kappa shape index (κ2) is 9.41. The molecule has 7 rings (SSSR count). The lowest BCUT2D eigenvalue weighted by Gasteiger charge is -2.59. The van der Waals surface area contributed by atoms with Crippen LogP contribution in [-0.4, -0.2) is 27.7 Å². The first-order valence-electron chi connectivity index (χ1n) is 13.5. The molecule has 36 heavy (non-hydrogen) atoms. The van der Waals surface area contributed by atoms with Gasteiger partial charge in [0.05, 0.1) is 17.1 Å². The number of amides is 1. The van der Waals surface area contributed by atoms with Gasteiger partial charge in [-0.05, 0) is 82.5 Å². The lowest BCUT2D eigenvalue weighted by atomic mass is 9.48. The van der Waals surface area contributed by atoms with E-state index in [-0.39, 0.29) is 11.9 Å². The van der Waals surface area contributed by atoms with E-state index in [0.29, 0.717) is 11.2 Å². The number of rotatable bonds is 7. The Morgan fingerprint density at radius 2 is 1.47 bits per heavy atom. The third-order valence-electron chi connectivity index (χ3n) is 9.07. The highest BCUT2D eigenvalue weighted by Crippen LogP contribution is 2.61. The van der Waals surface area contributed by atoms with Crippen LogP contribution in [0.2, 0.25) is 0 Å². The van der Waals surface area contributed by atoms with Crippen LogP contribution in [0.25, 0.3) is 22.5 Å². The summed E-state index contributed by atoms with van der Waals surface area (Å²) in [6, 6.07) is 17.3. The van der Waals surface area contributed by atoms with Crippen molar-refractivity contribution >= 4 is 17.7 Å². The zero-order chi connectivity index (χ0) is 24.9. The van der Waals surface area contributed by atoms with Crippen LogP contribution in [0.5, 0.6) is 0 Å². The molecule has 4 nitrogen and oxygen atoms in total. The number of carbonyl (C=O) groups excluding carboxylic acids is 1. The lowest BCUT2D eigenvalue weighted by molar-refractivity contribution is -0.123. The van der Waals surface area contributed by atoms with E-state index in [1.54, 1.807) is 0 Å². The van der Waals surface area contributed by atoms with E-state index >= 15 is 0 Å². The fourth-order valence-corrected chi connectivity index (χ4v) is 8.23. The van der Waals surface area contributed by atoms with Gasteiger partial charge in [-0.2, -0.15) is 0 Å². The van der Waals surface area contributed by atoms with Gasteiger partial charge in [0.15, 0.2) is 5.16 Å². The molecule has 0 saturated heterocycles. The first-order chi connectivity index (χ1) is 17.4. The summed E-state index contributed by atoms with van der Waals surface area (Å²) >= 11 is 1.50. The average molecular weight is 500 g/mol. The molecule has 2 aromatic carbocycles. The maximum atomic E-state index is 13.1. The maximum Gasteiger partial charge on any atom is 0.230 e. The van der Waals surface area contributed by atoms with Gasteiger partial charge in [-0.3, -0.25) is 4.79 Å². The molecule has 4 bridgehead atoms. The van der Waals surface area contributed by atoms with Crippen molar-refractivity contribution in [1.29, 1.82) is 0 Å².